The first-order chi connectivity index (χ1) is 4.50. The van der Waals surface area contributed by atoms with Crippen LogP contribution in [0.3, 0.4) is 0 Å². The van der Waals surface area contributed by atoms with Crippen LogP contribution < -0.4 is 0 Å². The Morgan fingerprint density at radius 3 is 2.50 bits per heavy atom. The van der Waals surface area contributed by atoms with E-state index in [0.717, 1.165) is 16.5 Å². The molecule has 10 heavy (non-hydrogen) atoms. The summed E-state index contributed by atoms with van der Waals surface area (Å²) in [4.78, 5) is -0.262. The second-order valence-corrected chi connectivity index (χ2v) is 3.40. The van der Waals surface area contributed by atoms with E-state index < -0.39 is 10.1 Å². The maximum atomic E-state index is 10.3. The van der Waals surface area contributed by atoms with Gasteiger partial charge in [0.2, 0.25) is 0 Å². The van der Waals surface area contributed by atoms with E-state index in [-0.39, 0.29) is 4.90 Å². The molecule has 0 unspecified atom stereocenters. The Morgan fingerprint density at radius 1 is 1.70 bits per heavy atom. The average molecular weight is 180 g/mol. The highest BCUT2D eigenvalue weighted by Crippen LogP contribution is 2.05. The van der Waals surface area contributed by atoms with Gasteiger partial charge in [-0.3, -0.25) is 4.55 Å². The Balaban J connectivity index is 3.21. The van der Waals surface area contributed by atoms with Crippen molar-refractivity contribution in [2.24, 2.45) is 0 Å². The molecule has 0 bridgehead atoms. The van der Waals surface area contributed by atoms with Gasteiger partial charge in [0.05, 0.1) is 12.4 Å². The van der Waals surface area contributed by atoms with Gasteiger partial charge in [-0.15, -0.1) is 0 Å². The van der Waals surface area contributed by atoms with Crippen molar-refractivity contribution in [3.05, 3.63) is 12.4 Å². The van der Waals surface area contributed by atoms with E-state index in [1.165, 1.54) is 0 Å². The molecule has 1 rings (SSSR count). The highest BCUT2D eigenvalue weighted by molar-refractivity contribution is 7.85. The van der Waals surface area contributed by atoms with E-state index in [9.17, 15) is 8.42 Å². The maximum Gasteiger partial charge on any atom is 0.297 e. The number of thiol groups is 1. The van der Waals surface area contributed by atoms with Crippen LogP contribution in [0, 0.1) is 0 Å². The molecule has 0 spiro atoms. The molecule has 7 heteroatoms. The van der Waals surface area contributed by atoms with E-state index >= 15 is 0 Å². The monoisotopic (exact) mass is 180 g/mol. The van der Waals surface area contributed by atoms with Crippen LogP contribution >= 0.6 is 12.8 Å². The molecule has 1 N–H and O–H groups in total. The molecular formula is C3H4N2O3S2. The SMILES string of the molecule is O=S(=O)(O)c1cnn(S)c1. The summed E-state index contributed by atoms with van der Waals surface area (Å²) in [6.07, 6.45) is 2.08. The predicted molar refractivity (Wildman–Crippen MR) is 36.4 cm³/mol. The molecule has 0 aliphatic carbocycles. The highest BCUT2D eigenvalue weighted by atomic mass is 32.2. The molecule has 0 fully saturated rings. The first-order valence-corrected chi connectivity index (χ1v) is 4.05. The van der Waals surface area contributed by atoms with Crippen LogP contribution in [-0.4, -0.2) is 22.2 Å². The minimum atomic E-state index is -4.11. The minimum absolute atomic E-state index is 0.262. The van der Waals surface area contributed by atoms with E-state index in [4.69, 9.17) is 4.55 Å². The van der Waals surface area contributed by atoms with Crippen LogP contribution in [0.15, 0.2) is 17.3 Å². The van der Waals surface area contributed by atoms with Gasteiger partial charge in [0, 0.05) is 0 Å². The maximum absolute atomic E-state index is 10.3. The van der Waals surface area contributed by atoms with E-state index in [0.29, 0.717) is 0 Å². The van der Waals surface area contributed by atoms with Crippen molar-refractivity contribution in [3.63, 3.8) is 0 Å². The molecule has 5 nitrogen and oxygen atoms in total. The third kappa shape index (κ3) is 1.49. The Kier molecular flexibility index (Phi) is 1.71. The van der Waals surface area contributed by atoms with Gasteiger partial charge in [-0.2, -0.15) is 13.5 Å². The van der Waals surface area contributed by atoms with Crippen LogP contribution in [0.5, 0.6) is 0 Å². The molecule has 1 heterocycles. The fourth-order valence-electron chi connectivity index (χ4n) is 0.430. The zero-order valence-electron chi connectivity index (χ0n) is 4.67. The van der Waals surface area contributed by atoms with Crippen molar-refractivity contribution in [2.75, 3.05) is 0 Å². The molecule has 0 aromatic carbocycles. The molecule has 1 aromatic rings. The normalized spacial score (nSPS) is 11.8. The number of hydrogen-bond acceptors (Lipinski definition) is 4. The number of hydrogen-bond donors (Lipinski definition) is 2. The number of aromatic nitrogens is 2. The van der Waals surface area contributed by atoms with Gasteiger partial charge in [0.1, 0.15) is 4.90 Å². The molecule has 0 aliphatic rings. The smallest absolute Gasteiger partial charge is 0.282 e. The predicted octanol–water partition coefficient (Wildman–Crippen LogP) is -0.177. The second kappa shape index (κ2) is 2.26. The lowest BCUT2D eigenvalue weighted by atomic mass is 10.7. The summed E-state index contributed by atoms with van der Waals surface area (Å²) in [5.41, 5.74) is 0. The van der Waals surface area contributed by atoms with Crippen molar-refractivity contribution < 1.29 is 13.0 Å². The first kappa shape index (κ1) is 7.58. The lowest BCUT2D eigenvalue weighted by Gasteiger charge is -1.85. The lowest BCUT2D eigenvalue weighted by Crippen LogP contribution is -1.94. The largest absolute Gasteiger partial charge is 0.297 e. The summed E-state index contributed by atoms with van der Waals surface area (Å²) >= 11 is 3.67. The van der Waals surface area contributed by atoms with Crippen molar-refractivity contribution in [1.29, 1.82) is 0 Å². The summed E-state index contributed by atoms with van der Waals surface area (Å²) in [5.74, 6) is 0. The average Bonchev–Trinajstić information content (AvgIpc) is 2.11. The van der Waals surface area contributed by atoms with Crippen LogP contribution in [0.4, 0.5) is 0 Å². The van der Waals surface area contributed by atoms with Gasteiger partial charge in [-0.25, -0.2) is 4.09 Å². The third-order valence-electron chi connectivity index (χ3n) is 0.844. The fraction of sp³-hybridized carbons (Fsp3) is 0. The first-order valence-electron chi connectivity index (χ1n) is 2.21. The third-order valence-corrected chi connectivity index (χ3v) is 1.87. The molecule has 0 saturated heterocycles. The lowest BCUT2D eigenvalue weighted by molar-refractivity contribution is 0.483. The van der Waals surface area contributed by atoms with Crippen molar-refractivity contribution in [1.82, 2.24) is 9.19 Å². The molecule has 0 saturated carbocycles. The molecule has 1 aromatic heterocycles. The topological polar surface area (TPSA) is 72.2 Å². The van der Waals surface area contributed by atoms with E-state index in [2.05, 4.69) is 17.9 Å². The van der Waals surface area contributed by atoms with Gasteiger partial charge >= 0.3 is 0 Å². The van der Waals surface area contributed by atoms with Gasteiger partial charge in [-0.05, 0) is 12.8 Å². The van der Waals surface area contributed by atoms with Crippen molar-refractivity contribution in [2.45, 2.75) is 4.90 Å². The van der Waals surface area contributed by atoms with E-state index in [1.54, 1.807) is 0 Å². The Morgan fingerprint density at radius 2 is 2.30 bits per heavy atom. The molecule has 0 atom stereocenters. The standard InChI is InChI=1S/C3H4N2O3S2/c6-10(7,8)3-1-4-5(9)2-3/h1-2,9H,(H,6,7,8). The van der Waals surface area contributed by atoms with Crippen molar-refractivity contribution >= 4 is 22.9 Å². The molecular weight excluding hydrogens is 176 g/mol. The Hall–Kier alpha value is -0.530. The van der Waals surface area contributed by atoms with Crippen LogP contribution in [0.25, 0.3) is 0 Å². The summed E-state index contributed by atoms with van der Waals surface area (Å²) < 4.78 is 30.0. The zero-order chi connectivity index (χ0) is 7.78. The van der Waals surface area contributed by atoms with Gasteiger partial charge < -0.3 is 0 Å². The van der Waals surface area contributed by atoms with Gasteiger partial charge in [0.15, 0.2) is 0 Å². The van der Waals surface area contributed by atoms with Crippen LogP contribution in [0.1, 0.15) is 0 Å². The fourth-order valence-corrected chi connectivity index (χ4v) is 1.10. The Labute approximate surface area is 63.0 Å². The molecule has 0 amide bonds. The quantitative estimate of drug-likeness (QED) is 0.464. The summed E-state index contributed by atoms with van der Waals surface area (Å²) in [6, 6.07) is 0. The number of nitrogens with zero attached hydrogens (tertiary/aromatic N) is 2. The minimum Gasteiger partial charge on any atom is -0.282 e. The van der Waals surface area contributed by atoms with Gasteiger partial charge in [-0.1, -0.05) is 0 Å². The second-order valence-electron chi connectivity index (χ2n) is 1.57. The highest BCUT2D eigenvalue weighted by Gasteiger charge is 2.10. The molecule has 0 radical (unpaired) electrons. The zero-order valence-corrected chi connectivity index (χ0v) is 6.38. The molecule has 56 valence electrons. The summed E-state index contributed by atoms with van der Waals surface area (Å²) in [6.45, 7) is 0. The Bertz CT molecular complexity index is 327. The van der Waals surface area contributed by atoms with E-state index in [1.807, 2.05) is 0 Å². The molecule has 0 aliphatic heterocycles. The van der Waals surface area contributed by atoms with Gasteiger partial charge in [0.25, 0.3) is 10.1 Å². The summed E-state index contributed by atoms with van der Waals surface area (Å²) in [7, 11) is -4.11. The van der Waals surface area contributed by atoms with Crippen LogP contribution in [0.2, 0.25) is 0 Å². The number of rotatable bonds is 1. The van der Waals surface area contributed by atoms with Crippen molar-refractivity contribution in [3.8, 4) is 0 Å². The summed E-state index contributed by atoms with van der Waals surface area (Å²) in [5, 5.41) is 3.42. The van der Waals surface area contributed by atoms with Crippen LogP contribution in [-0.2, 0) is 10.1 Å².